The lowest BCUT2D eigenvalue weighted by molar-refractivity contribution is 0.396. The molecule has 0 aliphatic heterocycles. The molecule has 1 aromatic heterocycles. The maximum Gasteiger partial charge on any atom is 0.161 e. The first-order valence-corrected chi connectivity index (χ1v) is 7.90. The van der Waals surface area contributed by atoms with E-state index < -0.39 is 0 Å². The summed E-state index contributed by atoms with van der Waals surface area (Å²) in [5, 5.41) is 5.01. The Labute approximate surface area is 120 Å². The molecule has 1 heterocycles. The molecule has 5 nitrogen and oxygen atoms in total. The zero-order valence-electron chi connectivity index (χ0n) is 12.3. The highest BCUT2D eigenvalue weighted by atomic mass is 32.2. The molecule has 2 unspecified atom stereocenters. The summed E-state index contributed by atoms with van der Waals surface area (Å²) in [6.45, 7) is 7.45. The molecule has 0 radical (unpaired) electrons. The Kier molecular flexibility index (Phi) is 7.27. The van der Waals surface area contributed by atoms with Crippen LogP contribution in [0.2, 0.25) is 0 Å². The van der Waals surface area contributed by atoms with E-state index in [1.807, 2.05) is 16.4 Å². The monoisotopic (exact) mass is 286 g/mol. The first-order valence-electron chi connectivity index (χ1n) is 6.85. The minimum atomic E-state index is 0.0583. The molecular formula is C13H26N4OS. The van der Waals surface area contributed by atoms with Gasteiger partial charge in [-0.2, -0.15) is 16.9 Å². The van der Waals surface area contributed by atoms with Gasteiger partial charge in [0.2, 0.25) is 0 Å². The molecule has 0 bridgehead atoms. The van der Waals surface area contributed by atoms with Crippen molar-refractivity contribution in [2.75, 3.05) is 12.9 Å². The van der Waals surface area contributed by atoms with Crippen LogP contribution in [-0.4, -0.2) is 27.9 Å². The van der Waals surface area contributed by atoms with E-state index in [2.05, 4.69) is 31.3 Å². The van der Waals surface area contributed by atoms with E-state index in [0.29, 0.717) is 5.25 Å². The molecule has 0 amide bonds. The van der Waals surface area contributed by atoms with Crippen LogP contribution >= 0.6 is 11.8 Å². The fraction of sp³-hybridized carbons (Fsp3) is 0.769. The first kappa shape index (κ1) is 16.3. The molecule has 0 aliphatic rings. The normalized spacial score (nSPS) is 14.4. The number of aryl methyl sites for hydroxylation is 1. The maximum atomic E-state index is 5.72. The highest BCUT2D eigenvalue weighted by Crippen LogP contribution is 2.29. The van der Waals surface area contributed by atoms with Gasteiger partial charge in [0.1, 0.15) is 0 Å². The Bertz CT molecular complexity index is 370. The van der Waals surface area contributed by atoms with Crippen LogP contribution in [0.3, 0.4) is 0 Å². The minimum Gasteiger partial charge on any atom is -0.493 e. The van der Waals surface area contributed by atoms with Gasteiger partial charge in [-0.3, -0.25) is 16.0 Å². The summed E-state index contributed by atoms with van der Waals surface area (Å²) in [7, 11) is 1.67. The Balaban J connectivity index is 2.85. The van der Waals surface area contributed by atoms with E-state index in [1.54, 1.807) is 13.3 Å². The van der Waals surface area contributed by atoms with Crippen molar-refractivity contribution in [1.29, 1.82) is 0 Å². The standard InChI is InChI=1S/C13H26N4OS/c1-5-7-17-13(12(18-4)8-15-17)11(16-14)9-19-10(3)6-2/h8,10-11,16H,5-7,9,14H2,1-4H3. The van der Waals surface area contributed by atoms with Gasteiger partial charge < -0.3 is 4.74 Å². The molecule has 0 fully saturated rings. The van der Waals surface area contributed by atoms with Crippen LogP contribution in [0.4, 0.5) is 0 Å². The van der Waals surface area contributed by atoms with Crippen molar-refractivity contribution in [3.8, 4) is 5.75 Å². The van der Waals surface area contributed by atoms with Crippen molar-refractivity contribution >= 4 is 11.8 Å². The van der Waals surface area contributed by atoms with Crippen LogP contribution < -0.4 is 16.0 Å². The molecule has 19 heavy (non-hydrogen) atoms. The lowest BCUT2D eigenvalue weighted by atomic mass is 10.2. The van der Waals surface area contributed by atoms with Gasteiger partial charge in [0, 0.05) is 17.5 Å². The highest BCUT2D eigenvalue weighted by Gasteiger charge is 2.21. The van der Waals surface area contributed by atoms with E-state index >= 15 is 0 Å². The van der Waals surface area contributed by atoms with Crippen LogP contribution in [0, 0.1) is 0 Å². The Morgan fingerprint density at radius 2 is 2.26 bits per heavy atom. The zero-order chi connectivity index (χ0) is 14.3. The van der Waals surface area contributed by atoms with Crippen LogP contribution in [0.15, 0.2) is 6.20 Å². The molecule has 0 aromatic carbocycles. The Morgan fingerprint density at radius 3 is 2.79 bits per heavy atom. The number of thioether (sulfide) groups is 1. The number of nitrogens with one attached hydrogen (secondary N) is 1. The number of hydrazine groups is 1. The van der Waals surface area contributed by atoms with Crippen LogP contribution in [0.25, 0.3) is 0 Å². The van der Waals surface area contributed by atoms with Gasteiger partial charge >= 0.3 is 0 Å². The van der Waals surface area contributed by atoms with E-state index in [0.717, 1.165) is 36.6 Å². The van der Waals surface area contributed by atoms with Gasteiger partial charge in [0.25, 0.3) is 0 Å². The third-order valence-corrected chi connectivity index (χ3v) is 4.58. The fourth-order valence-corrected chi connectivity index (χ4v) is 2.87. The predicted octanol–water partition coefficient (Wildman–Crippen LogP) is 2.34. The average molecular weight is 286 g/mol. The van der Waals surface area contributed by atoms with E-state index in [1.165, 1.54) is 0 Å². The highest BCUT2D eigenvalue weighted by molar-refractivity contribution is 7.99. The van der Waals surface area contributed by atoms with Crippen molar-refractivity contribution in [3.63, 3.8) is 0 Å². The van der Waals surface area contributed by atoms with Crippen LogP contribution in [-0.2, 0) is 6.54 Å². The number of hydrogen-bond donors (Lipinski definition) is 2. The quantitative estimate of drug-likeness (QED) is 0.539. The molecule has 0 saturated carbocycles. The molecule has 1 rings (SSSR count). The van der Waals surface area contributed by atoms with Crippen molar-refractivity contribution in [1.82, 2.24) is 15.2 Å². The number of rotatable bonds is 9. The summed E-state index contributed by atoms with van der Waals surface area (Å²) in [6, 6.07) is 0.0583. The van der Waals surface area contributed by atoms with Crippen molar-refractivity contribution in [2.24, 2.45) is 5.84 Å². The number of hydrogen-bond acceptors (Lipinski definition) is 5. The third kappa shape index (κ3) is 4.40. The van der Waals surface area contributed by atoms with Gasteiger partial charge in [-0.15, -0.1) is 0 Å². The van der Waals surface area contributed by atoms with E-state index in [4.69, 9.17) is 10.6 Å². The second-order valence-electron chi connectivity index (χ2n) is 4.59. The largest absolute Gasteiger partial charge is 0.493 e. The number of methoxy groups -OCH3 is 1. The SMILES string of the molecule is CCCn1ncc(OC)c1C(CSC(C)CC)NN. The van der Waals surface area contributed by atoms with Gasteiger partial charge in [0.15, 0.2) is 5.75 Å². The molecular weight excluding hydrogens is 260 g/mol. The maximum absolute atomic E-state index is 5.72. The molecule has 1 aromatic rings. The summed E-state index contributed by atoms with van der Waals surface area (Å²) in [4.78, 5) is 0. The number of aromatic nitrogens is 2. The topological polar surface area (TPSA) is 65.1 Å². The van der Waals surface area contributed by atoms with E-state index in [-0.39, 0.29) is 6.04 Å². The number of ether oxygens (including phenoxy) is 1. The Hall–Kier alpha value is -0.720. The van der Waals surface area contributed by atoms with Crippen molar-refractivity contribution < 1.29 is 4.74 Å². The number of nitrogens with two attached hydrogens (primary N) is 1. The van der Waals surface area contributed by atoms with Crippen LogP contribution in [0.5, 0.6) is 5.75 Å². The summed E-state index contributed by atoms with van der Waals surface area (Å²) in [5.74, 6) is 7.44. The first-order chi connectivity index (χ1) is 9.17. The predicted molar refractivity (Wildman–Crippen MR) is 81.3 cm³/mol. The summed E-state index contributed by atoms with van der Waals surface area (Å²) in [6.07, 6.45) is 3.96. The van der Waals surface area contributed by atoms with Gasteiger partial charge in [-0.25, -0.2) is 0 Å². The summed E-state index contributed by atoms with van der Waals surface area (Å²) in [5.41, 5.74) is 3.94. The lowest BCUT2D eigenvalue weighted by Crippen LogP contribution is -2.32. The summed E-state index contributed by atoms with van der Waals surface area (Å²) >= 11 is 1.91. The molecule has 0 saturated heterocycles. The van der Waals surface area contributed by atoms with E-state index in [9.17, 15) is 0 Å². The summed E-state index contributed by atoms with van der Waals surface area (Å²) < 4.78 is 7.39. The van der Waals surface area contributed by atoms with Crippen LogP contribution in [0.1, 0.15) is 45.3 Å². The zero-order valence-corrected chi connectivity index (χ0v) is 13.2. The molecule has 0 aliphatic carbocycles. The second kappa shape index (κ2) is 8.45. The molecule has 2 atom stereocenters. The van der Waals surface area contributed by atoms with Gasteiger partial charge in [-0.05, 0) is 12.8 Å². The second-order valence-corrected chi connectivity index (χ2v) is 6.06. The van der Waals surface area contributed by atoms with Gasteiger partial charge in [0.05, 0.1) is 25.0 Å². The number of nitrogens with zero attached hydrogens (tertiary/aromatic N) is 2. The molecule has 0 spiro atoms. The molecule has 6 heteroatoms. The minimum absolute atomic E-state index is 0.0583. The third-order valence-electron chi connectivity index (χ3n) is 3.15. The smallest absolute Gasteiger partial charge is 0.161 e. The van der Waals surface area contributed by atoms with Gasteiger partial charge in [-0.1, -0.05) is 20.8 Å². The molecule has 110 valence electrons. The average Bonchev–Trinajstić information content (AvgIpc) is 2.83. The molecule has 3 N–H and O–H groups in total. The Morgan fingerprint density at radius 1 is 1.53 bits per heavy atom. The fourth-order valence-electron chi connectivity index (χ4n) is 1.86. The van der Waals surface area contributed by atoms with Crippen molar-refractivity contribution in [2.45, 2.75) is 51.4 Å². The van der Waals surface area contributed by atoms with Crippen molar-refractivity contribution in [3.05, 3.63) is 11.9 Å². The lowest BCUT2D eigenvalue weighted by Gasteiger charge is -2.20.